The fourth-order valence-electron chi connectivity index (χ4n) is 1.97. The van der Waals surface area contributed by atoms with Crippen molar-refractivity contribution < 1.29 is 14.3 Å². The summed E-state index contributed by atoms with van der Waals surface area (Å²) in [5.41, 5.74) is 8.43. The van der Waals surface area contributed by atoms with Gasteiger partial charge in [-0.1, -0.05) is 23.8 Å². The molecule has 1 aromatic carbocycles. The van der Waals surface area contributed by atoms with E-state index in [0.717, 1.165) is 16.8 Å². The number of carbonyl (C=O) groups excluding carboxylic acids is 1. The highest BCUT2D eigenvalue weighted by Gasteiger charge is 2.17. The van der Waals surface area contributed by atoms with Crippen LogP contribution in [0.5, 0.6) is 0 Å². The lowest BCUT2D eigenvalue weighted by Gasteiger charge is -2.26. The van der Waals surface area contributed by atoms with Crippen molar-refractivity contribution >= 4 is 28.9 Å². The van der Waals surface area contributed by atoms with Gasteiger partial charge in [-0.25, -0.2) is 0 Å². The number of nitrogens with two attached hydrogens (primary N) is 1. The van der Waals surface area contributed by atoms with Gasteiger partial charge in [-0.05, 0) is 26.0 Å². The molecule has 116 valence electrons. The van der Waals surface area contributed by atoms with Crippen molar-refractivity contribution in [2.24, 2.45) is 5.73 Å². The van der Waals surface area contributed by atoms with E-state index in [-0.39, 0.29) is 12.5 Å². The van der Waals surface area contributed by atoms with E-state index in [0.29, 0.717) is 24.7 Å². The van der Waals surface area contributed by atoms with Crippen molar-refractivity contribution in [3.63, 3.8) is 0 Å². The Balaban J connectivity index is 3.07. The summed E-state index contributed by atoms with van der Waals surface area (Å²) in [6.07, 6.45) is 0. The molecule has 0 aliphatic heterocycles. The van der Waals surface area contributed by atoms with Crippen molar-refractivity contribution in [1.82, 2.24) is 0 Å². The Bertz CT molecular complexity index is 506. The summed E-state index contributed by atoms with van der Waals surface area (Å²) in [7, 11) is 1.62. The van der Waals surface area contributed by atoms with Crippen molar-refractivity contribution in [2.45, 2.75) is 13.8 Å². The first-order valence-corrected chi connectivity index (χ1v) is 7.20. The van der Waals surface area contributed by atoms with Gasteiger partial charge in [0.1, 0.15) is 11.5 Å². The lowest BCUT2D eigenvalue weighted by molar-refractivity contribution is -0.141. The van der Waals surface area contributed by atoms with Gasteiger partial charge in [-0.2, -0.15) is 0 Å². The van der Waals surface area contributed by atoms with Crippen LogP contribution in [0.25, 0.3) is 0 Å². The van der Waals surface area contributed by atoms with E-state index in [2.05, 4.69) is 0 Å². The third-order valence-corrected chi connectivity index (χ3v) is 3.17. The van der Waals surface area contributed by atoms with Crippen LogP contribution >= 0.6 is 12.2 Å². The molecule has 0 spiro atoms. The molecule has 0 saturated carbocycles. The lowest BCUT2D eigenvalue weighted by atomic mass is 10.1. The summed E-state index contributed by atoms with van der Waals surface area (Å²) in [6.45, 7) is 5.28. The number of methoxy groups -OCH3 is 1. The van der Waals surface area contributed by atoms with E-state index in [4.69, 9.17) is 27.4 Å². The number of nitrogens with zero attached hydrogens (tertiary/aromatic N) is 1. The topological polar surface area (TPSA) is 64.8 Å². The average molecular weight is 310 g/mol. The highest BCUT2D eigenvalue weighted by molar-refractivity contribution is 7.80. The van der Waals surface area contributed by atoms with Crippen LogP contribution in [-0.2, 0) is 14.3 Å². The van der Waals surface area contributed by atoms with Gasteiger partial charge in [0.25, 0.3) is 0 Å². The molecule has 0 atom stereocenters. The zero-order valence-electron chi connectivity index (χ0n) is 12.7. The molecular weight excluding hydrogens is 288 g/mol. The second kappa shape index (κ2) is 8.59. The number of rotatable bonds is 8. The molecule has 5 nitrogen and oxygen atoms in total. The summed E-state index contributed by atoms with van der Waals surface area (Å²) in [6, 6.07) is 5.80. The third kappa shape index (κ3) is 5.32. The van der Waals surface area contributed by atoms with E-state index in [9.17, 15) is 4.79 Å². The molecule has 2 N–H and O–H groups in total. The number of aryl methyl sites for hydroxylation is 1. The first-order chi connectivity index (χ1) is 9.99. The lowest BCUT2D eigenvalue weighted by Crippen LogP contribution is -2.35. The van der Waals surface area contributed by atoms with Crippen LogP contribution in [0.1, 0.15) is 18.1 Å². The van der Waals surface area contributed by atoms with E-state index < -0.39 is 0 Å². The first-order valence-electron chi connectivity index (χ1n) is 6.79. The van der Waals surface area contributed by atoms with Crippen LogP contribution < -0.4 is 10.6 Å². The number of carbonyl (C=O) groups is 1. The van der Waals surface area contributed by atoms with Crippen molar-refractivity contribution in [3.05, 3.63) is 29.3 Å². The number of benzene rings is 1. The minimum absolute atomic E-state index is 0.135. The first kappa shape index (κ1) is 17.4. The van der Waals surface area contributed by atoms with Crippen molar-refractivity contribution in [2.75, 3.05) is 38.3 Å². The Kier molecular flexibility index (Phi) is 7.11. The zero-order chi connectivity index (χ0) is 15.8. The summed E-state index contributed by atoms with van der Waals surface area (Å²) in [4.78, 5) is 13.9. The predicted molar refractivity (Wildman–Crippen MR) is 87.8 cm³/mol. The van der Waals surface area contributed by atoms with Gasteiger partial charge < -0.3 is 20.1 Å². The van der Waals surface area contributed by atoms with E-state index in [1.165, 1.54) is 0 Å². The van der Waals surface area contributed by atoms with E-state index in [1.807, 2.05) is 30.0 Å². The molecule has 0 saturated heterocycles. The predicted octanol–water partition coefficient (Wildman–Crippen LogP) is 1.65. The Hall–Kier alpha value is -1.66. The average Bonchev–Trinajstić information content (AvgIpc) is 2.43. The smallest absolute Gasteiger partial charge is 0.325 e. The number of esters is 1. The molecule has 6 heteroatoms. The molecule has 0 unspecified atom stereocenters. The fourth-order valence-corrected chi connectivity index (χ4v) is 2.14. The maximum absolute atomic E-state index is 11.8. The summed E-state index contributed by atoms with van der Waals surface area (Å²) in [5.74, 6) is -0.289. The van der Waals surface area contributed by atoms with Crippen molar-refractivity contribution in [1.29, 1.82) is 0 Å². The molecule has 0 radical (unpaired) electrons. The Morgan fingerprint density at radius 3 is 2.71 bits per heavy atom. The van der Waals surface area contributed by atoms with Crippen molar-refractivity contribution in [3.8, 4) is 0 Å². The van der Waals surface area contributed by atoms with Gasteiger partial charge in [0.2, 0.25) is 0 Å². The van der Waals surface area contributed by atoms with Gasteiger partial charge in [-0.3, -0.25) is 4.79 Å². The maximum Gasteiger partial charge on any atom is 0.325 e. The number of thiocarbonyl (C=S) groups is 1. The molecule has 1 rings (SSSR count). The highest BCUT2D eigenvalue weighted by atomic mass is 32.1. The standard InChI is InChI=1S/C15H22N2O3S/c1-4-20-14(18)10-17(7-8-19-3)13-6-5-11(2)9-12(13)15(16)21/h5-6,9H,4,7-8,10H2,1-3H3,(H2,16,21). The molecule has 0 aromatic heterocycles. The molecule has 0 amide bonds. The van der Waals surface area contributed by atoms with Gasteiger partial charge >= 0.3 is 5.97 Å². The van der Waals surface area contributed by atoms with Gasteiger partial charge in [0.05, 0.1) is 13.2 Å². The van der Waals surface area contributed by atoms with Crippen LogP contribution in [0.4, 0.5) is 5.69 Å². The molecule has 1 aromatic rings. The highest BCUT2D eigenvalue weighted by Crippen LogP contribution is 2.22. The number of anilines is 1. The van der Waals surface area contributed by atoms with E-state index >= 15 is 0 Å². The monoisotopic (exact) mass is 310 g/mol. The van der Waals surface area contributed by atoms with Crippen LogP contribution in [0, 0.1) is 6.92 Å². The van der Waals surface area contributed by atoms with Crippen LogP contribution in [-0.4, -0.2) is 44.4 Å². The molecule has 0 fully saturated rings. The number of hydrogen-bond donors (Lipinski definition) is 1. The fraction of sp³-hybridized carbons (Fsp3) is 0.467. The molecule has 21 heavy (non-hydrogen) atoms. The Labute approximate surface area is 131 Å². The summed E-state index contributed by atoms with van der Waals surface area (Å²) >= 11 is 5.11. The SMILES string of the molecule is CCOC(=O)CN(CCOC)c1ccc(C)cc1C(N)=S. The second-order valence-corrected chi connectivity index (χ2v) is 5.04. The molecule has 0 aliphatic carbocycles. The summed E-state index contributed by atoms with van der Waals surface area (Å²) in [5, 5.41) is 0. The largest absolute Gasteiger partial charge is 0.465 e. The van der Waals surface area contributed by atoms with Gasteiger partial charge in [-0.15, -0.1) is 0 Å². The van der Waals surface area contributed by atoms with Crippen LogP contribution in [0.2, 0.25) is 0 Å². The zero-order valence-corrected chi connectivity index (χ0v) is 13.5. The van der Waals surface area contributed by atoms with Crippen LogP contribution in [0.3, 0.4) is 0 Å². The van der Waals surface area contributed by atoms with E-state index in [1.54, 1.807) is 14.0 Å². The maximum atomic E-state index is 11.8. The number of hydrogen-bond acceptors (Lipinski definition) is 5. The quantitative estimate of drug-likeness (QED) is 0.582. The molecular formula is C15H22N2O3S. The molecule has 0 heterocycles. The minimum atomic E-state index is -0.289. The Morgan fingerprint density at radius 2 is 2.14 bits per heavy atom. The minimum Gasteiger partial charge on any atom is -0.465 e. The molecule has 0 aliphatic rings. The molecule has 0 bridgehead atoms. The summed E-state index contributed by atoms with van der Waals surface area (Å²) < 4.78 is 10.1. The number of ether oxygens (including phenoxy) is 2. The van der Waals surface area contributed by atoms with Gasteiger partial charge in [0, 0.05) is 24.9 Å². The third-order valence-electron chi connectivity index (χ3n) is 2.95. The van der Waals surface area contributed by atoms with Gasteiger partial charge in [0.15, 0.2) is 0 Å². The normalized spacial score (nSPS) is 10.2. The second-order valence-electron chi connectivity index (χ2n) is 4.60. The van der Waals surface area contributed by atoms with Crippen LogP contribution in [0.15, 0.2) is 18.2 Å². The Morgan fingerprint density at radius 1 is 1.43 bits per heavy atom.